The van der Waals surface area contributed by atoms with Crippen LogP contribution in [0.2, 0.25) is 0 Å². The van der Waals surface area contributed by atoms with Crippen LogP contribution in [0.25, 0.3) is 10.8 Å². The van der Waals surface area contributed by atoms with Crippen molar-refractivity contribution in [1.82, 2.24) is 9.88 Å². The number of nitrogens with one attached hydrogen (secondary N) is 1. The van der Waals surface area contributed by atoms with Crippen molar-refractivity contribution in [3.8, 4) is 0 Å². The summed E-state index contributed by atoms with van der Waals surface area (Å²) in [6.45, 7) is 1.47. The molecule has 3 unspecified atom stereocenters. The molecule has 5 rings (SSSR count). The van der Waals surface area contributed by atoms with Crippen molar-refractivity contribution in [1.29, 1.82) is 0 Å². The molecule has 0 saturated heterocycles. The molecule has 3 atom stereocenters. The fraction of sp³-hybridized carbons (Fsp3) is 0.308. The number of carbonyl (C=O) groups excluding carboxylic acids is 1. The summed E-state index contributed by atoms with van der Waals surface area (Å²) in [7, 11) is 0. The van der Waals surface area contributed by atoms with Crippen LogP contribution >= 0.6 is 0 Å². The number of pyridine rings is 1. The van der Waals surface area contributed by atoms with Crippen molar-refractivity contribution in [3.63, 3.8) is 0 Å². The molecule has 30 heavy (non-hydrogen) atoms. The number of hydrogen-bond acceptors (Lipinski definition) is 2. The molecule has 1 saturated carbocycles. The summed E-state index contributed by atoms with van der Waals surface area (Å²) >= 11 is 0. The molecule has 152 valence electrons. The van der Waals surface area contributed by atoms with E-state index in [1.165, 1.54) is 12.8 Å². The molecule has 2 bridgehead atoms. The first-order chi connectivity index (χ1) is 14.8. The van der Waals surface area contributed by atoms with Gasteiger partial charge in [-0.15, -0.1) is 0 Å². The van der Waals surface area contributed by atoms with Gasteiger partial charge in [0, 0.05) is 36.8 Å². The Labute approximate surface area is 177 Å². The van der Waals surface area contributed by atoms with Crippen LogP contribution in [0.5, 0.6) is 0 Å². The van der Waals surface area contributed by atoms with Crippen molar-refractivity contribution in [2.45, 2.75) is 19.3 Å². The van der Waals surface area contributed by atoms with Crippen molar-refractivity contribution >= 4 is 22.5 Å². The van der Waals surface area contributed by atoms with Gasteiger partial charge in [0.1, 0.15) is 0 Å². The van der Waals surface area contributed by atoms with E-state index in [4.69, 9.17) is 0 Å². The van der Waals surface area contributed by atoms with Crippen molar-refractivity contribution in [3.05, 3.63) is 84.7 Å². The maximum absolute atomic E-state index is 13.3. The average Bonchev–Trinajstić information content (AvgIpc) is 3.41. The predicted octanol–water partition coefficient (Wildman–Crippen LogP) is 5.52. The van der Waals surface area contributed by atoms with Crippen LogP contribution in [0.15, 0.2) is 79.0 Å². The number of hydrogen-bond donors (Lipinski definition) is 1. The molecular weight excluding hydrogens is 370 g/mol. The van der Waals surface area contributed by atoms with Gasteiger partial charge in [-0.2, -0.15) is 0 Å². The van der Waals surface area contributed by atoms with E-state index in [0.717, 1.165) is 35.1 Å². The lowest BCUT2D eigenvalue weighted by molar-refractivity contribution is 0.196. The first-order valence-corrected chi connectivity index (χ1v) is 10.9. The zero-order valence-corrected chi connectivity index (χ0v) is 17.1. The summed E-state index contributed by atoms with van der Waals surface area (Å²) in [4.78, 5) is 19.8. The molecule has 0 aliphatic heterocycles. The number of benzene rings is 2. The highest BCUT2D eigenvalue weighted by Crippen LogP contribution is 2.43. The molecule has 4 heteroatoms. The van der Waals surface area contributed by atoms with Gasteiger partial charge in [0.15, 0.2) is 0 Å². The second kappa shape index (κ2) is 8.31. The number of urea groups is 1. The molecule has 3 aromatic rings. The van der Waals surface area contributed by atoms with Gasteiger partial charge in [0.05, 0.1) is 5.69 Å². The Hall–Kier alpha value is -3.14. The first kappa shape index (κ1) is 18.9. The molecule has 1 heterocycles. The van der Waals surface area contributed by atoms with Gasteiger partial charge >= 0.3 is 6.03 Å². The largest absolute Gasteiger partial charge is 0.324 e. The highest BCUT2D eigenvalue weighted by molar-refractivity contribution is 6.01. The third-order valence-electron chi connectivity index (χ3n) is 6.55. The van der Waals surface area contributed by atoms with Gasteiger partial charge in [-0.25, -0.2) is 4.79 Å². The van der Waals surface area contributed by atoms with Crippen LogP contribution in [-0.4, -0.2) is 29.0 Å². The molecule has 2 amide bonds. The molecule has 1 aromatic heterocycles. The molecular formula is C26H27N3O. The fourth-order valence-electron chi connectivity index (χ4n) is 4.99. The number of rotatable bonds is 6. The number of allylic oxidation sites excluding steroid dienone is 2. The van der Waals surface area contributed by atoms with E-state index in [0.29, 0.717) is 24.3 Å². The first-order valence-electron chi connectivity index (χ1n) is 10.9. The van der Waals surface area contributed by atoms with E-state index in [1.807, 2.05) is 53.6 Å². The van der Waals surface area contributed by atoms with E-state index < -0.39 is 0 Å². The maximum atomic E-state index is 13.3. The molecule has 2 aliphatic rings. The molecule has 0 spiro atoms. The standard InChI is InChI=1S/C26H27N3O/c30-26(28-25-10-5-7-20-6-1-2-9-24(20)25)29(15-13-23-8-3-4-14-27-23)18-22-17-19-11-12-21(22)16-19/h1-12,14,19,21-22H,13,15-18H2,(H,28,30). The molecule has 2 aliphatic carbocycles. The van der Waals surface area contributed by atoms with Crippen molar-refractivity contribution in [2.75, 3.05) is 18.4 Å². The Morgan fingerprint density at radius 3 is 2.67 bits per heavy atom. The third-order valence-corrected chi connectivity index (χ3v) is 6.55. The Morgan fingerprint density at radius 1 is 1.00 bits per heavy atom. The van der Waals surface area contributed by atoms with Crippen LogP contribution in [0.4, 0.5) is 10.5 Å². The zero-order chi connectivity index (χ0) is 20.3. The van der Waals surface area contributed by atoms with Crippen LogP contribution in [-0.2, 0) is 6.42 Å². The van der Waals surface area contributed by atoms with Crippen LogP contribution in [0.3, 0.4) is 0 Å². The summed E-state index contributed by atoms with van der Waals surface area (Å²) in [5, 5.41) is 5.39. The van der Waals surface area contributed by atoms with Gasteiger partial charge in [0.2, 0.25) is 0 Å². The average molecular weight is 398 g/mol. The lowest BCUT2D eigenvalue weighted by Crippen LogP contribution is -2.40. The number of fused-ring (bicyclic) bond motifs is 3. The fourth-order valence-corrected chi connectivity index (χ4v) is 4.99. The summed E-state index contributed by atoms with van der Waals surface area (Å²) in [5.41, 5.74) is 1.89. The molecule has 1 N–H and O–H groups in total. The lowest BCUT2D eigenvalue weighted by Gasteiger charge is -2.29. The van der Waals surface area contributed by atoms with Crippen LogP contribution < -0.4 is 5.32 Å². The minimum absolute atomic E-state index is 0.0194. The number of aromatic nitrogens is 1. The van der Waals surface area contributed by atoms with Gasteiger partial charge in [-0.1, -0.05) is 54.6 Å². The number of anilines is 1. The van der Waals surface area contributed by atoms with Crippen LogP contribution in [0, 0.1) is 17.8 Å². The topological polar surface area (TPSA) is 45.2 Å². The molecule has 1 fully saturated rings. The van der Waals surface area contributed by atoms with Gasteiger partial charge in [-0.3, -0.25) is 4.98 Å². The SMILES string of the molecule is O=C(Nc1cccc2ccccc12)N(CCc1ccccn1)CC1CC2C=CC1C2. The Morgan fingerprint density at radius 2 is 1.87 bits per heavy atom. The predicted molar refractivity (Wildman–Crippen MR) is 121 cm³/mol. The Balaban J connectivity index is 1.34. The summed E-state index contributed by atoms with van der Waals surface area (Å²) in [6, 6.07) is 20.2. The minimum Gasteiger partial charge on any atom is -0.324 e. The monoisotopic (exact) mass is 397 g/mol. The maximum Gasteiger partial charge on any atom is 0.321 e. The molecule has 0 radical (unpaired) electrons. The van der Waals surface area contributed by atoms with E-state index in [9.17, 15) is 4.79 Å². The summed E-state index contributed by atoms with van der Waals surface area (Å²) in [5.74, 6) is 1.89. The van der Waals surface area contributed by atoms with E-state index >= 15 is 0 Å². The lowest BCUT2D eigenvalue weighted by atomic mass is 9.93. The molecule has 4 nitrogen and oxygen atoms in total. The quantitative estimate of drug-likeness (QED) is 0.556. The second-order valence-electron chi connectivity index (χ2n) is 8.51. The van der Waals surface area contributed by atoms with Crippen molar-refractivity contribution < 1.29 is 4.79 Å². The highest BCUT2D eigenvalue weighted by Gasteiger charge is 2.37. The highest BCUT2D eigenvalue weighted by atomic mass is 16.2. The third kappa shape index (κ3) is 3.95. The van der Waals surface area contributed by atoms with Crippen LogP contribution in [0.1, 0.15) is 18.5 Å². The second-order valence-corrected chi connectivity index (χ2v) is 8.51. The van der Waals surface area contributed by atoms with Gasteiger partial charge in [-0.05, 0) is 54.2 Å². The van der Waals surface area contributed by atoms with E-state index in [1.54, 1.807) is 0 Å². The van der Waals surface area contributed by atoms with Gasteiger partial charge in [0.25, 0.3) is 0 Å². The summed E-state index contributed by atoms with van der Waals surface area (Å²) < 4.78 is 0. The number of amides is 2. The zero-order valence-electron chi connectivity index (χ0n) is 17.1. The summed E-state index contributed by atoms with van der Waals surface area (Å²) in [6.07, 6.45) is 9.75. The van der Waals surface area contributed by atoms with E-state index in [-0.39, 0.29) is 6.03 Å². The molecule has 2 aromatic carbocycles. The smallest absolute Gasteiger partial charge is 0.321 e. The Bertz CT molecular complexity index is 1060. The van der Waals surface area contributed by atoms with E-state index in [2.05, 4.69) is 40.7 Å². The minimum atomic E-state index is -0.0194. The Kier molecular flexibility index (Phi) is 5.22. The number of nitrogens with zero attached hydrogens (tertiary/aromatic N) is 2. The van der Waals surface area contributed by atoms with Crippen molar-refractivity contribution in [2.24, 2.45) is 17.8 Å². The number of carbonyl (C=O) groups is 1. The normalized spacial score (nSPS) is 21.8. The van der Waals surface area contributed by atoms with Gasteiger partial charge < -0.3 is 10.2 Å².